The Balaban J connectivity index is 2.25. The van der Waals surface area contributed by atoms with Crippen LogP contribution >= 0.6 is 0 Å². The minimum Gasteiger partial charge on any atom is -0.433 e. The van der Waals surface area contributed by atoms with E-state index in [1.54, 1.807) is 0 Å². The molecule has 0 radical (unpaired) electrons. The summed E-state index contributed by atoms with van der Waals surface area (Å²) in [5.41, 5.74) is -1.56. The van der Waals surface area contributed by atoms with Gasteiger partial charge in [0.2, 0.25) is 11.9 Å². The molecule has 1 aliphatic heterocycles. The SMILES string of the molecule is CC(C)(C)C1OC(=O)C2(CCCC2=O)O1. The van der Waals surface area contributed by atoms with E-state index in [4.69, 9.17) is 9.47 Å². The number of cyclic esters (lactones) is 1. The lowest BCUT2D eigenvalue weighted by atomic mass is 9.96. The lowest BCUT2D eigenvalue weighted by Gasteiger charge is -2.25. The van der Waals surface area contributed by atoms with Gasteiger partial charge in [-0.15, -0.1) is 0 Å². The summed E-state index contributed by atoms with van der Waals surface area (Å²) >= 11 is 0. The summed E-state index contributed by atoms with van der Waals surface area (Å²) in [6, 6.07) is 0. The van der Waals surface area contributed by atoms with Gasteiger partial charge in [-0.05, 0) is 12.8 Å². The predicted molar refractivity (Wildman–Crippen MR) is 52.0 cm³/mol. The second kappa shape index (κ2) is 3.04. The van der Waals surface area contributed by atoms with Crippen molar-refractivity contribution in [3.8, 4) is 0 Å². The highest BCUT2D eigenvalue weighted by Gasteiger charge is 2.59. The molecule has 1 saturated heterocycles. The van der Waals surface area contributed by atoms with Crippen molar-refractivity contribution in [3.05, 3.63) is 0 Å². The van der Waals surface area contributed by atoms with Crippen LogP contribution < -0.4 is 0 Å². The van der Waals surface area contributed by atoms with E-state index in [1.165, 1.54) is 0 Å². The lowest BCUT2D eigenvalue weighted by molar-refractivity contribution is -0.160. The van der Waals surface area contributed by atoms with Crippen LogP contribution in [0.5, 0.6) is 0 Å². The van der Waals surface area contributed by atoms with Gasteiger partial charge in [0, 0.05) is 11.8 Å². The van der Waals surface area contributed by atoms with Crippen molar-refractivity contribution < 1.29 is 19.1 Å². The van der Waals surface area contributed by atoms with Crippen LogP contribution in [0.2, 0.25) is 0 Å². The normalized spacial score (nSPS) is 36.3. The molecule has 2 aliphatic rings. The van der Waals surface area contributed by atoms with Crippen LogP contribution in [0.25, 0.3) is 0 Å². The Morgan fingerprint density at radius 1 is 1.33 bits per heavy atom. The van der Waals surface area contributed by atoms with Crippen molar-refractivity contribution in [1.29, 1.82) is 0 Å². The number of carbonyl (C=O) groups excluding carboxylic acids is 2. The van der Waals surface area contributed by atoms with E-state index in [0.717, 1.165) is 0 Å². The smallest absolute Gasteiger partial charge is 0.348 e. The number of hydrogen-bond acceptors (Lipinski definition) is 4. The van der Waals surface area contributed by atoms with Crippen molar-refractivity contribution in [2.75, 3.05) is 0 Å². The maximum absolute atomic E-state index is 11.7. The summed E-state index contributed by atoms with van der Waals surface area (Å²) in [4.78, 5) is 23.4. The summed E-state index contributed by atoms with van der Waals surface area (Å²) in [5, 5.41) is 0. The molecular weight excluding hydrogens is 196 g/mol. The third kappa shape index (κ3) is 1.47. The van der Waals surface area contributed by atoms with Gasteiger partial charge < -0.3 is 9.47 Å². The zero-order valence-electron chi connectivity index (χ0n) is 9.33. The van der Waals surface area contributed by atoms with Crippen LogP contribution in [-0.2, 0) is 19.1 Å². The lowest BCUT2D eigenvalue weighted by Crippen LogP contribution is -2.41. The van der Waals surface area contributed by atoms with E-state index in [1.807, 2.05) is 20.8 Å². The first-order valence-corrected chi connectivity index (χ1v) is 5.28. The third-order valence-corrected chi connectivity index (χ3v) is 2.94. The van der Waals surface area contributed by atoms with Gasteiger partial charge in [0.15, 0.2) is 5.78 Å². The minimum absolute atomic E-state index is 0.126. The predicted octanol–water partition coefficient (Wildman–Crippen LogP) is 1.42. The highest BCUT2D eigenvalue weighted by molar-refractivity contribution is 6.09. The number of Topliss-reactive ketones (excluding diaryl/α,β-unsaturated/α-hetero) is 1. The van der Waals surface area contributed by atoms with Gasteiger partial charge in [0.1, 0.15) is 0 Å². The molecule has 0 aromatic carbocycles. The first-order valence-electron chi connectivity index (χ1n) is 5.28. The number of esters is 1. The average molecular weight is 212 g/mol. The zero-order chi connectivity index (χ0) is 11.3. The van der Waals surface area contributed by atoms with Gasteiger partial charge in [-0.25, -0.2) is 4.79 Å². The maximum Gasteiger partial charge on any atom is 0.348 e. The van der Waals surface area contributed by atoms with Gasteiger partial charge in [-0.2, -0.15) is 0 Å². The highest BCUT2D eigenvalue weighted by Crippen LogP contribution is 2.41. The highest BCUT2D eigenvalue weighted by atomic mass is 16.8. The van der Waals surface area contributed by atoms with Gasteiger partial charge in [0.05, 0.1) is 0 Å². The molecule has 4 heteroatoms. The Kier molecular flexibility index (Phi) is 2.15. The largest absolute Gasteiger partial charge is 0.433 e. The standard InChI is InChI=1S/C11H16O4/c1-10(2,3)9-14-8(13)11(15-9)6-4-5-7(11)12/h9H,4-6H2,1-3H3. The molecular formula is C11H16O4. The molecule has 84 valence electrons. The summed E-state index contributed by atoms with van der Waals surface area (Å²) in [7, 11) is 0. The molecule has 0 amide bonds. The van der Waals surface area contributed by atoms with E-state index in [9.17, 15) is 9.59 Å². The quantitative estimate of drug-likeness (QED) is 0.450. The molecule has 0 N–H and O–H groups in total. The molecule has 4 nitrogen and oxygen atoms in total. The van der Waals surface area contributed by atoms with E-state index >= 15 is 0 Å². The Labute approximate surface area is 88.9 Å². The van der Waals surface area contributed by atoms with E-state index in [-0.39, 0.29) is 11.2 Å². The number of hydrogen-bond donors (Lipinski definition) is 0. The minimum atomic E-state index is -1.27. The van der Waals surface area contributed by atoms with Crippen molar-refractivity contribution in [3.63, 3.8) is 0 Å². The van der Waals surface area contributed by atoms with Crippen LogP contribution in [0.1, 0.15) is 40.0 Å². The third-order valence-electron chi connectivity index (χ3n) is 2.94. The molecule has 2 atom stereocenters. The molecule has 0 aromatic heterocycles. The van der Waals surface area contributed by atoms with Crippen LogP contribution in [0.3, 0.4) is 0 Å². The van der Waals surface area contributed by atoms with Crippen molar-refractivity contribution in [2.24, 2.45) is 5.41 Å². The Hall–Kier alpha value is -0.900. The van der Waals surface area contributed by atoms with Gasteiger partial charge in [0.25, 0.3) is 0 Å². The molecule has 0 aromatic rings. The van der Waals surface area contributed by atoms with Crippen molar-refractivity contribution in [2.45, 2.75) is 51.9 Å². The fraction of sp³-hybridized carbons (Fsp3) is 0.818. The van der Waals surface area contributed by atoms with E-state index < -0.39 is 17.9 Å². The first kappa shape index (κ1) is 10.6. The molecule has 2 fully saturated rings. The fourth-order valence-electron chi connectivity index (χ4n) is 1.98. The Morgan fingerprint density at radius 2 is 2.00 bits per heavy atom. The number of rotatable bonds is 0. The molecule has 2 unspecified atom stereocenters. The van der Waals surface area contributed by atoms with Crippen molar-refractivity contribution in [1.82, 2.24) is 0 Å². The fourth-order valence-corrected chi connectivity index (χ4v) is 1.98. The van der Waals surface area contributed by atoms with E-state index in [2.05, 4.69) is 0 Å². The maximum atomic E-state index is 11.7. The average Bonchev–Trinajstić information content (AvgIpc) is 2.60. The van der Waals surface area contributed by atoms with Crippen molar-refractivity contribution >= 4 is 11.8 Å². The topological polar surface area (TPSA) is 52.6 Å². The monoisotopic (exact) mass is 212 g/mol. The summed E-state index contributed by atoms with van der Waals surface area (Å²) < 4.78 is 10.7. The first-order chi connectivity index (χ1) is 6.86. The van der Waals surface area contributed by atoms with Gasteiger partial charge in [-0.3, -0.25) is 4.79 Å². The van der Waals surface area contributed by atoms with Gasteiger partial charge >= 0.3 is 5.97 Å². The molecule has 1 saturated carbocycles. The second-order valence-electron chi connectivity index (χ2n) is 5.32. The second-order valence-corrected chi connectivity index (χ2v) is 5.32. The molecule has 0 bridgehead atoms. The van der Waals surface area contributed by atoms with Gasteiger partial charge in [-0.1, -0.05) is 20.8 Å². The molecule has 1 aliphatic carbocycles. The van der Waals surface area contributed by atoms with E-state index in [0.29, 0.717) is 19.3 Å². The zero-order valence-corrected chi connectivity index (χ0v) is 9.33. The molecule has 1 heterocycles. The Bertz CT molecular complexity index is 315. The number of ether oxygens (including phenoxy) is 2. The van der Waals surface area contributed by atoms with Crippen LogP contribution in [-0.4, -0.2) is 23.6 Å². The molecule has 1 spiro atoms. The number of ketones is 1. The van der Waals surface area contributed by atoms with Crippen LogP contribution in [0.15, 0.2) is 0 Å². The van der Waals surface area contributed by atoms with Crippen LogP contribution in [0.4, 0.5) is 0 Å². The summed E-state index contributed by atoms with van der Waals surface area (Å²) in [5.74, 6) is -0.621. The Morgan fingerprint density at radius 3 is 2.40 bits per heavy atom. The number of carbonyl (C=O) groups is 2. The van der Waals surface area contributed by atoms with Crippen LogP contribution in [0, 0.1) is 5.41 Å². The summed E-state index contributed by atoms with van der Waals surface area (Å²) in [6.07, 6.45) is 1.00. The molecule has 2 rings (SSSR count). The molecule has 15 heavy (non-hydrogen) atoms. The summed E-state index contributed by atoms with van der Waals surface area (Å²) in [6.45, 7) is 5.76.